The van der Waals surface area contributed by atoms with Crippen LogP contribution < -0.4 is 10.1 Å². The van der Waals surface area contributed by atoms with Crippen LogP contribution in [0, 0.1) is 10.1 Å². The number of nitro groups is 1. The van der Waals surface area contributed by atoms with E-state index in [0.29, 0.717) is 27.4 Å². The summed E-state index contributed by atoms with van der Waals surface area (Å²) < 4.78 is 7.66. The average Bonchev–Trinajstić information content (AvgIpc) is 3.26. The maximum absolute atomic E-state index is 12.4. The number of anilines is 1. The third-order valence-corrected chi connectivity index (χ3v) is 5.84. The van der Waals surface area contributed by atoms with Crippen LogP contribution in [0.25, 0.3) is 5.69 Å². The van der Waals surface area contributed by atoms with Crippen molar-refractivity contribution in [1.29, 1.82) is 0 Å². The smallest absolute Gasteiger partial charge is 0.269 e. The Hall–Kier alpha value is -3.89. The van der Waals surface area contributed by atoms with Crippen LogP contribution in [-0.4, -0.2) is 31.3 Å². The molecule has 1 aromatic heterocycles. The van der Waals surface area contributed by atoms with Gasteiger partial charge in [0.25, 0.3) is 5.69 Å². The second-order valence-corrected chi connectivity index (χ2v) is 8.28. The Balaban J connectivity index is 1.47. The Morgan fingerprint density at radius 1 is 1.03 bits per heavy atom. The number of carbonyl (C=O) groups excluding carboxylic acids is 1. The summed E-state index contributed by atoms with van der Waals surface area (Å²) >= 11 is 7.39. The van der Waals surface area contributed by atoms with Gasteiger partial charge in [-0.05, 0) is 36.4 Å². The van der Waals surface area contributed by atoms with Crippen LogP contribution in [-0.2, 0) is 11.4 Å². The maximum atomic E-state index is 12.4. The minimum atomic E-state index is -0.495. The van der Waals surface area contributed by atoms with E-state index in [1.807, 2.05) is 47.0 Å². The Labute approximate surface area is 203 Å². The van der Waals surface area contributed by atoms with E-state index in [1.165, 1.54) is 36.0 Å². The number of aromatic nitrogens is 3. The number of hydrogen-bond acceptors (Lipinski definition) is 7. The lowest BCUT2D eigenvalue weighted by Crippen LogP contribution is -2.14. The summed E-state index contributed by atoms with van der Waals surface area (Å²) in [6.07, 6.45) is 0. The van der Waals surface area contributed by atoms with Crippen molar-refractivity contribution in [2.45, 2.75) is 11.8 Å². The van der Waals surface area contributed by atoms with Crippen molar-refractivity contribution < 1.29 is 14.5 Å². The first-order valence-electron chi connectivity index (χ1n) is 10.1. The standard InChI is InChI=1S/C23H18ClN5O4S/c24-19-8-4-5-9-20(19)33-14-21-26-27-23(28(21)17-6-2-1-3-7-17)34-15-22(30)25-16-10-12-18(13-11-16)29(31)32/h1-13H,14-15H2,(H,25,30). The van der Waals surface area contributed by atoms with Crippen molar-refractivity contribution in [3.63, 3.8) is 0 Å². The lowest BCUT2D eigenvalue weighted by molar-refractivity contribution is -0.384. The number of ether oxygens (including phenoxy) is 1. The van der Waals surface area contributed by atoms with E-state index in [-0.39, 0.29) is 24.0 Å². The first kappa shape index (κ1) is 23.3. The molecule has 172 valence electrons. The molecule has 1 heterocycles. The summed E-state index contributed by atoms with van der Waals surface area (Å²) in [7, 11) is 0. The Morgan fingerprint density at radius 3 is 2.44 bits per heavy atom. The van der Waals surface area contributed by atoms with Crippen molar-refractivity contribution in [2.75, 3.05) is 11.1 Å². The summed E-state index contributed by atoms with van der Waals surface area (Å²) in [6, 6.07) is 22.3. The fourth-order valence-corrected chi connectivity index (χ4v) is 3.98. The number of nitrogens with zero attached hydrogens (tertiary/aromatic N) is 4. The van der Waals surface area contributed by atoms with E-state index in [2.05, 4.69) is 15.5 Å². The minimum absolute atomic E-state index is 0.0464. The zero-order valence-electron chi connectivity index (χ0n) is 17.6. The van der Waals surface area contributed by atoms with Gasteiger partial charge in [0.2, 0.25) is 5.91 Å². The molecule has 3 aromatic carbocycles. The zero-order valence-corrected chi connectivity index (χ0v) is 19.2. The van der Waals surface area contributed by atoms with Crippen LogP contribution in [0.5, 0.6) is 5.75 Å². The van der Waals surface area contributed by atoms with E-state index in [0.717, 1.165) is 5.69 Å². The maximum Gasteiger partial charge on any atom is 0.269 e. The van der Waals surface area contributed by atoms with Crippen molar-refractivity contribution in [3.8, 4) is 11.4 Å². The molecule has 0 spiro atoms. The van der Waals surface area contributed by atoms with Crippen LogP contribution in [0.15, 0.2) is 84.0 Å². The molecule has 1 N–H and O–H groups in total. The molecule has 4 rings (SSSR count). The van der Waals surface area contributed by atoms with Gasteiger partial charge in [-0.1, -0.05) is 53.7 Å². The molecular weight excluding hydrogens is 478 g/mol. The van der Waals surface area contributed by atoms with Crippen molar-refractivity contribution >= 4 is 40.6 Å². The van der Waals surface area contributed by atoms with E-state index in [4.69, 9.17) is 16.3 Å². The minimum Gasteiger partial charge on any atom is -0.484 e. The number of nitro benzene ring substituents is 1. The predicted octanol–water partition coefficient (Wildman–Crippen LogP) is 5.14. The Morgan fingerprint density at radius 2 is 1.74 bits per heavy atom. The second-order valence-electron chi connectivity index (χ2n) is 6.93. The molecular formula is C23H18ClN5O4S. The number of halogens is 1. The van der Waals surface area contributed by atoms with Gasteiger partial charge in [-0.25, -0.2) is 0 Å². The summed E-state index contributed by atoms with van der Waals surface area (Å²) in [5.74, 6) is 0.857. The van der Waals surface area contributed by atoms with Crippen molar-refractivity contribution in [2.24, 2.45) is 0 Å². The van der Waals surface area contributed by atoms with Gasteiger partial charge < -0.3 is 10.1 Å². The van der Waals surface area contributed by atoms with Crippen molar-refractivity contribution in [3.05, 3.63) is 99.8 Å². The number of rotatable bonds is 9. The fraction of sp³-hybridized carbons (Fsp3) is 0.0870. The molecule has 11 heteroatoms. The van der Waals surface area contributed by atoms with E-state index >= 15 is 0 Å². The normalized spacial score (nSPS) is 10.6. The molecule has 0 bridgehead atoms. The van der Waals surface area contributed by atoms with Crippen LogP contribution in [0.3, 0.4) is 0 Å². The van der Waals surface area contributed by atoms with Crippen LogP contribution in [0.1, 0.15) is 5.82 Å². The van der Waals surface area contributed by atoms with Gasteiger partial charge in [-0.3, -0.25) is 19.5 Å². The molecule has 0 radical (unpaired) electrons. The molecule has 0 atom stereocenters. The Bertz CT molecular complexity index is 1300. The van der Waals surface area contributed by atoms with Gasteiger partial charge in [0, 0.05) is 23.5 Å². The first-order chi connectivity index (χ1) is 16.5. The van der Waals surface area contributed by atoms with Crippen LogP contribution >= 0.6 is 23.4 Å². The SMILES string of the molecule is O=C(CSc1nnc(COc2ccccc2Cl)n1-c1ccccc1)Nc1ccc([N+](=O)[O-])cc1. The molecule has 0 unspecified atom stereocenters. The average molecular weight is 496 g/mol. The number of para-hydroxylation sites is 2. The summed E-state index contributed by atoms with van der Waals surface area (Å²) in [4.78, 5) is 22.7. The third-order valence-electron chi connectivity index (χ3n) is 4.60. The molecule has 0 saturated carbocycles. The number of thioether (sulfide) groups is 1. The second kappa shape index (κ2) is 10.8. The quantitative estimate of drug-likeness (QED) is 0.194. The molecule has 1 amide bonds. The number of benzene rings is 3. The molecule has 34 heavy (non-hydrogen) atoms. The molecule has 0 fully saturated rings. The lowest BCUT2D eigenvalue weighted by atomic mass is 10.3. The summed E-state index contributed by atoms with van der Waals surface area (Å²) in [5, 5.41) is 23.0. The van der Waals surface area contributed by atoms with Gasteiger partial charge >= 0.3 is 0 Å². The molecule has 0 saturated heterocycles. The van der Waals surface area contributed by atoms with E-state index < -0.39 is 4.92 Å². The molecule has 0 aliphatic heterocycles. The van der Waals surface area contributed by atoms with Crippen molar-refractivity contribution in [1.82, 2.24) is 14.8 Å². The van der Waals surface area contributed by atoms with Gasteiger partial charge in [0.05, 0.1) is 15.7 Å². The van der Waals surface area contributed by atoms with E-state index in [1.54, 1.807) is 12.1 Å². The number of amides is 1. The predicted molar refractivity (Wildman–Crippen MR) is 130 cm³/mol. The molecule has 9 nitrogen and oxygen atoms in total. The third kappa shape index (κ3) is 5.72. The van der Waals surface area contributed by atoms with E-state index in [9.17, 15) is 14.9 Å². The first-order valence-corrected chi connectivity index (χ1v) is 11.4. The van der Waals surface area contributed by atoms with Gasteiger partial charge in [-0.2, -0.15) is 0 Å². The Kier molecular flexibility index (Phi) is 7.41. The number of non-ortho nitro benzene ring substituents is 1. The topological polar surface area (TPSA) is 112 Å². The highest BCUT2D eigenvalue weighted by Crippen LogP contribution is 2.26. The highest BCUT2D eigenvalue weighted by molar-refractivity contribution is 7.99. The van der Waals surface area contributed by atoms with Gasteiger partial charge in [0.15, 0.2) is 11.0 Å². The number of carbonyl (C=O) groups is 1. The van der Waals surface area contributed by atoms with Crippen LogP contribution in [0.4, 0.5) is 11.4 Å². The fourth-order valence-electron chi connectivity index (χ4n) is 3.02. The molecule has 0 aliphatic rings. The zero-order chi connectivity index (χ0) is 23.9. The number of hydrogen-bond donors (Lipinski definition) is 1. The summed E-state index contributed by atoms with van der Waals surface area (Å²) in [6.45, 7) is 0.126. The number of nitrogens with one attached hydrogen (secondary N) is 1. The highest BCUT2D eigenvalue weighted by atomic mass is 35.5. The highest BCUT2D eigenvalue weighted by Gasteiger charge is 2.17. The monoisotopic (exact) mass is 495 g/mol. The largest absolute Gasteiger partial charge is 0.484 e. The molecule has 0 aliphatic carbocycles. The van der Waals surface area contributed by atoms with Crippen LogP contribution in [0.2, 0.25) is 5.02 Å². The van der Waals surface area contributed by atoms with Gasteiger partial charge in [0.1, 0.15) is 12.4 Å². The summed E-state index contributed by atoms with van der Waals surface area (Å²) in [5.41, 5.74) is 1.24. The lowest BCUT2D eigenvalue weighted by Gasteiger charge is -2.12. The molecule has 4 aromatic rings. The van der Waals surface area contributed by atoms with Gasteiger partial charge in [-0.15, -0.1) is 10.2 Å².